The molecule has 0 aliphatic carbocycles. The van der Waals surface area contributed by atoms with Crippen molar-refractivity contribution >= 4 is 27.6 Å². The lowest BCUT2D eigenvalue weighted by Gasteiger charge is -2.19. The number of methoxy groups -OCH3 is 1. The molecule has 0 radical (unpaired) electrons. The van der Waals surface area contributed by atoms with Gasteiger partial charge in [0.15, 0.2) is 0 Å². The number of rotatable bonds is 6. The van der Waals surface area contributed by atoms with Crippen molar-refractivity contribution in [3.05, 3.63) is 10.8 Å². The third-order valence-electron chi connectivity index (χ3n) is 2.11. The Morgan fingerprint density at radius 3 is 2.88 bits per heavy atom. The second-order valence-electron chi connectivity index (χ2n) is 3.30. The highest BCUT2D eigenvalue weighted by Crippen LogP contribution is 2.28. The predicted molar refractivity (Wildman–Crippen MR) is 69.0 cm³/mol. The molecule has 1 aromatic rings. The van der Waals surface area contributed by atoms with E-state index in [1.165, 1.54) is 0 Å². The molecule has 90 valence electrons. The van der Waals surface area contributed by atoms with E-state index in [4.69, 9.17) is 4.74 Å². The molecule has 16 heavy (non-hydrogen) atoms. The van der Waals surface area contributed by atoms with Gasteiger partial charge in [0.05, 0.1) is 6.61 Å². The highest BCUT2D eigenvalue weighted by Gasteiger charge is 2.11. The van der Waals surface area contributed by atoms with Crippen molar-refractivity contribution in [1.82, 2.24) is 9.97 Å². The van der Waals surface area contributed by atoms with Gasteiger partial charge in [0.25, 0.3) is 0 Å². The van der Waals surface area contributed by atoms with Crippen molar-refractivity contribution in [1.29, 1.82) is 0 Å². The van der Waals surface area contributed by atoms with Crippen LogP contribution in [0.1, 0.15) is 6.92 Å². The third-order valence-corrected chi connectivity index (χ3v) is 2.84. The quantitative estimate of drug-likeness (QED) is 0.864. The van der Waals surface area contributed by atoms with Gasteiger partial charge in [-0.05, 0) is 22.9 Å². The summed E-state index contributed by atoms with van der Waals surface area (Å²) >= 11 is 3.50. The minimum absolute atomic E-state index is 0.670. The van der Waals surface area contributed by atoms with E-state index < -0.39 is 0 Å². The first-order chi connectivity index (χ1) is 7.70. The molecule has 1 heterocycles. The van der Waals surface area contributed by atoms with Gasteiger partial charge in [-0.3, -0.25) is 0 Å². The Hall–Kier alpha value is -0.880. The van der Waals surface area contributed by atoms with Gasteiger partial charge in [0.1, 0.15) is 22.4 Å². The molecule has 0 amide bonds. The first-order valence-electron chi connectivity index (χ1n) is 5.15. The van der Waals surface area contributed by atoms with Crippen molar-refractivity contribution in [3.8, 4) is 0 Å². The zero-order chi connectivity index (χ0) is 12.0. The standard InChI is InChI=1S/C10H17BrN4O/c1-4-12-9-8(11)10(14-7-13-9)15(2)5-6-16-3/h7H,4-6H2,1-3H3,(H,12,13,14). The van der Waals surface area contributed by atoms with Gasteiger partial charge in [-0.2, -0.15) is 0 Å². The molecule has 0 fully saturated rings. The highest BCUT2D eigenvalue weighted by molar-refractivity contribution is 9.10. The van der Waals surface area contributed by atoms with Gasteiger partial charge in [0.2, 0.25) is 0 Å². The molecular formula is C10H17BrN4O. The van der Waals surface area contributed by atoms with Crippen LogP contribution >= 0.6 is 15.9 Å². The fourth-order valence-corrected chi connectivity index (χ4v) is 1.90. The fraction of sp³-hybridized carbons (Fsp3) is 0.600. The zero-order valence-corrected chi connectivity index (χ0v) is 11.4. The van der Waals surface area contributed by atoms with Gasteiger partial charge in [0, 0.05) is 27.2 Å². The topological polar surface area (TPSA) is 50.3 Å². The maximum Gasteiger partial charge on any atom is 0.148 e. The van der Waals surface area contributed by atoms with E-state index >= 15 is 0 Å². The van der Waals surface area contributed by atoms with E-state index in [0.29, 0.717) is 6.61 Å². The minimum atomic E-state index is 0.670. The Morgan fingerprint density at radius 1 is 1.50 bits per heavy atom. The Labute approximate surface area is 104 Å². The molecule has 0 unspecified atom stereocenters. The first kappa shape index (κ1) is 13.2. The molecule has 0 aliphatic heterocycles. The predicted octanol–water partition coefficient (Wildman–Crippen LogP) is 1.75. The lowest BCUT2D eigenvalue weighted by Crippen LogP contribution is -2.23. The van der Waals surface area contributed by atoms with E-state index in [-0.39, 0.29) is 0 Å². The number of hydrogen-bond acceptors (Lipinski definition) is 5. The Morgan fingerprint density at radius 2 is 2.25 bits per heavy atom. The number of anilines is 2. The number of hydrogen-bond donors (Lipinski definition) is 1. The number of halogens is 1. The van der Waals surface area contributed by atoms with Gasteiger partial charge < -0.3 is 15.0 Å². The second kappa shape index (κ2) is 6.65. The number of ether oxygens (including phenoxy) is 1. The summed E-state index contributed by atoms with van der Waals surface area (Å²) in [5.41, 5.74) is 0. The van der Waals surface area contributed by atoms with E-state index in [1.54, 1.807) is 13.4 Å². The Balaban J connectivity index is 2.82. The number of aromatic nitrogens is 2. The number of nitrogens with zero attached hydrogens (tertiary/aromatic N) is 3. The molecular weight excluding hydrogens is 272 g/mol. The third kappa shape index (κ3) is 3.31. The van der Waals surface area contributed by atoms with Crippen molar-refractivity contribution in [2.24, 2.45) is 0 Å². The van der Waals surface area contributed by atoms with Crippen molar-refractivity contribution in [2.75, 3.05) is 44.1 Å². The molecule has 1 aromatic heterocycles. The zero-order valence-electron chi connectivity index (χ0n) is 9.83. The molecule has 5 nitrogen and oxygen atoms in total. The van der Waals surface area contributed by atoms with E-state index in [2.05, 4.69) is 31.2 Å². The molecule has 0 spiro atoms. The monoisotopic (exact) mass is 288 g/mol. The van der Waals surface area contributed by atoms with Gasteiger partial charge >= 0.3 is 0 Å². The molecule has 1 N–H and O–H groups in total. The second-order valence-corrected chi connectivity index (χ2v) is 4.10. The number of likely N-dealkylation sites (N-methyl/N-ethyl adjacent to an activating group) is 1. The van der Waals surface area contributed by atoms with Crippen LogP contribution in [0.25, 0.3) is 0 Å². The largest absolute Gasteiger partial charge is 0.383 e. The van der Waals surface area contributed by atoms with Crippen LogP contribution in [-0.4, -0.2) is 43.8 Å². The van der Waals surface area contributed by atoms with Gasteiger partial charge in [-0.1, -0.05) is 0 Å². The molecule has 0 aliphatic rings. The summed E-state index contributed by atoms with van der Waals surface area (Å²) in [4.78, 5) is 10.4. The van der Waals surface area contributed by atoms with Crippen molar-refractivity contribution in [3.63, 3.8) is 0 Å². The van der Waals surface area contributed by atoms with Crippen LogP contribution in [0.15, 0.2) is 10.8 Å². The minimum Gasteiger partial charge on any atom is -0.383 e. The summed E-state index contributed by atoms with van der Waals surface area (Å²) in [6.07, 6.45) is 1.56. The first-order valence-corrected chi connectivity index (χ1v) is 5.94. The Bertz CT molecular complexity index is 335. The van der Waals surface area contributed by atoms with Crippen LogP contribution in [-0.2, 0) is 4.74 Å². The lowest BCUT2D eigenvalue weighted by atomic mass is 10.4. The Kier molecular flexibility index (Phi) is 5.48. The molecule has 1 rings (SSSR count). The normalized spacial score (nSPS) is 10.2. The molecule has 0 aromatic carbocycles. The summed E-state index contributed by atoms with van der Waals surface area (Å²) in [6.45, 7) is 4.32. The lowest BCUT2D eigenvalue weighted by molar-refractivity contribution is 0.206. The van der Waals surface area contributed by atoms with Crippen molar-refractivity contribution < 1.29 is 4.74 Å². The van der Waals surface area contributed by atoms with Crippen LogP contribution < -0.4 is 10.2 Å². The average Bonchev–Trinajstić information content (AvgIpc) is 2.29. The van der Waals surface area contributed by atoms with Crippen LogP contribution in [0.5, 0.6) is 0 Å². The molecule has 6 heteroatoms. The molecule has 0 atom stereocenters. The smallest absolute Gasteiger partial charge is 0.148 e. The van der Waals surface area contributed by atoms with E-state index in [9.17, 15) is 0 Å². The van der Waals surface area contributed by atoms with Gasteiger partial charge in [-0.15, -0.1) is 0 Å². The van der Waals surface area contributed by atoms with Crippen LogP contribution in [0.2, 0.25) is 0 Å². The van der Waals surface area contributed by atoms with Crippen LogP contribution in [0, 0.1) is 0 Å². The molecule has 0 saturated heterocycles. The SMILES string of the molecule is CCNc1ncnc(N(C)CCOC)c1Br. The summed E-state index contributed by atoms with van der Waals surface area (Å²) in [5.74, 6) is 1.68. The highest BCUT2D eigenvalue weighted by atomic mass is 79.9. The summed E-state index contributed by atoms with van der Waals surface area (Å²) in [6, 6.07) is 0. The summed E-state index contributed by atoms with van der Waals surface area (Å²) in [5, 5.41) is 3.17. The average molecular weight is 289 g/mol. The van der Waals surface area contributed by atoms with E-state index in [1.807, 2.05) is 18.9 Å². The van der Waals surface area contributed by atoms with Crippen LogP contribution in [0.4, 0.5) is 11.6 Å². The molecule has 0 bridgehead atoms. The van der Waals surface area contributed by atoms with E-state index in [0.717, 1.165) is 29.2 Å². The number of nitrogens with one attached hydrogen (secondary N) is 1. The summed E-state index contributed by atoms with van der Waals surface area (Å²) < 4.78 is 5.92. The van der Waals surface area contributed by atoms with Crippen molar-refractivity contribution in [2.45, 2.75) is 6.92 Å². The fourth-order valence-electron chi connectivity index (χ4n) is 1.25. The maximum absolute atomic E-state index is 5.04. The summed E-state index contributed by atoms with van der Waals surface area (Å²) in [7, 11) is 3.66. The van der Waals surface area contributed by atoms with Gasteiger partial charge in [-0.25, -0.2) is 9.97 Å². The maximum atomic E-state index is 5.04. The van der Waals surface area contributed by atoms with Crippen LogP contribution in [0.3, 0.4) is 0 Å². The molecule has 0 saturated carbocycles.